The van der Waals surface area contributed by atoms with Gasteiger partial charge in [-0.1, -0.05) is 12.1 Å². The van der Waals surface area contributed by atoms with Crippen LogP contribution in [0.4, 0.5) is 10.1 Å². The van der Waals surface area contributed by atoms with Crippen molar-refractivity contribution in [3.8, 4) is 0 Å². The predicted molar refractivity (Wildman–Crippen MR) is 102 cm³/mol. The molecule has 26 heavy (non-hydrogen) atoms. The van der Waals surface area contributed by atoms with Crippen LogP contribution in [0.15, 0.2) is 52.3 Å². The SMILES string of the molecule is O=C(CC1Sc2ccccc2NC1=O)NC1CCSc2ccc(F)cc21. The molecule has 0 saturated carbocycles. The molecular weight excluding hydrogens is 371 g/mol. The average Bonchev–Trinajstić information content (AvgIpc) is 2.63. The van der Waals surface area contributed by atoms with Crippen LogP contribution in [0.2, 0.25) is 0 Å². The first kappa shape index (κ1) is 17.4. The summed E-state index contributed by atoms with van der Waals surface area (Å²) >= 11 is 3.08. The van der Waals surface area contributed by atoms with Crippen LogP contribution in [-0.2, 0) is 9.59 Å². The molecule has 2 aliphatic rings. The number of halogens is 1. The number of para-hydroxylation sites is 1. The lowest BCUT2D eigenvalue weighted by Crippen LogP contribution is -2.37. The molecule has 2 heterocycles. The topological polar surface area (TPSA) is 58.2 Å². The first-order valence-corrected chi connectivity index (χ1v) is 10.2. The van der Waals surface area contributed by atoms with Crippen molar-refractivity contribution in [3.63, 3.8) is 0 Å². The van der Waals surface area contributed by atoms with Crippen molar-refractivity contribution in [2.24, 2.45) is 0 Å². The van der Waals surface area contributed by atoms with Gasteiger partial charge in [0.05, 0.1) is 17.0 Å². The molecule has 4 rings (SSSR count). The Labute approximate surface area is 159 Å². The largest absolute Gasteiger partial charge is 0.349 e. The minimum Gasteiger partial charge on any atom is -0.349 e. The fourth-order valence-corrected chi connectivity index (χ4v) is 5.38. The van der Waals surface area contributed by atoms with Gasteiger partial charge < -0.3 is 10.6 Å². The van der Waals surface area contributed by atoms with E-state index in [0.717, 1.165) is 33.2 Å². The van der Waals surface area contributed by atoms with Crippen molar-refractivity contribution in [2.45, 2.75) is 33.9 Å². The highest BCUT2D eigenvalue weighted by molar-refractivity contribution is 8.01. The lowest BCUT2D eigenvalue weighted by atomic mass is 10.0. The molecular formula is C19H17FN2O2S2. The molecule has 134 valence electrons. The maximum Gasteiger partial charge on any atom is 0.238 e. The molecule has 0 fully saturated rings. The minimum absolute atomic E-state index is 0.0964. The summed E-state index contributed by atoms with van der Waals surface area (Å²) in [4.78, 5) is 26.8. The number of hydrogen-bond donors (Lipinski definition) is 2. The molecule has 2 atom stereocenters. The molecule has 0 radical (unpaired) electrons. The van der Waals surface area contributed by atoms with E-state index in [2.05, 4.69) is 10.6 Å². The molecule has 0 aliphatic carbocycles. The number of carbonyl (C=O) groups is 2. The Bertz CT molecular complexity index is 874. The molecule has 0 aromatic heterocycles. The van der Waals surface area contributed by atoms with E-state index in [9.17, 15) is 14.0 Å². The highest BCUT2D eigenvalue weighted by atomic mass is 32.2. The molecule has 4 nitrogen and oxygen atoms in total. The van der Waals surface area contributed by atoms with E-state index < -0.39 is 5.25 Å². The molecule has 0 spiro atoms. The molecule has 2 N–H and O–H groups in total. The monoisotopic (exact) mass is 388 g/mol. The predicted octanol–water partition coefficient (Wildman–Crippen LogP) is 3.98. The number of anilines is 1. The van der Waals surface area contributed by atoms with Crippen LogP contribution in [0.25, 0.3) is 0 Å². The first-order chi connectivity index (χ1) is 12.6. The molecule has 2 aliphatic heterocycles. The maximum atomic E-state index is 13.6. The van der Waals surface area contributed by atoms with Crippen molar-refractivity contribution in [1.82, 2.24) is 5.32 Å². The van der Waals surface area contributed by atoms with E-state index in [4.69, 9.17) is 0 Å². The number of fused-ring (bicyclic) bond motifs is 2. The Balaban J connectivity index is 1.44. The average molecular weight is 388 g/mol. The third-order valence-corrected chi connectivity index (χ3v) is 6.82. The minimum atomic E-state index is -0.463. The van der Waals surface area contributed by atoms with Crippen LogP contribution in [-0.4, -0.2) is 22.8 Å². The number of nitrogens with one attached hydrogen (secondary N) is 2. The van der Waals surface area contributed by atoms with Gasteiger partial charge in [0.2, 0.25) is 11.8 Å². The molecule has 2 unspecified atom stereocenters. The van der Waals surface area contributed by atoms with Crippen LogP contribution in [0, 0.1) is 5.82 Å². The fraction of sp³-hybridized carbons (Fsp3) is 0.263. The van der Waals surface area contributed by atoms with Crippen LogP contribution in [0.5, 0.6) is 0 Å². The number of hydrogen-bond acceptors (Lipinski definition) is 4. The van der Waals surface area contributed by atoms with Gasteiger partial charge in [0, 0.05) is 22.0 Å². The zero-order valence-corrected chi connectivity index (χ0v) is 15.5. The molecule has 2 aromatic carbocycles. The summed E-state index contributed by atoms with van der Waals surface area (Å²) in [6.07, 6.45) is 0.846. The van der Waals surface area contributed by atoms with Crippen molar-refractivity contribution in [1.29, 1.82) is 0 Å². The lowest BCUT2D eigenvalue weighted by molar-refractivity contribution is -0.124. The number of rotatable bonds is 3. The van der Waals surface area contributed by atoms with E-state index >= 15 is 0 Å². The highest BCUT2D eigenvalue weighted by Gasteiger charge is 2.30. The number of thioether (sulfide) groups is 2. The van der Waals surface area contributed by atoms with Gasteiger partial charge >= 0.3 is 0 Å². The van der Waals surface area contributed by atoms with Gasteiger partial charge in [0.15, 0.2) is 0 Å². The summed E-state index contributed by atoms with van der Waals surface area (Å²) < 4.78 is 13.6. The van der Waals surface area contributed by atoms with Crippen molar-refractivity contribution >= 4 is 41.0 Å². The van der Waals surface area contributed by atoms with Gasteiger partial charge in [-0.2, -0.15) is 0 Å². The van der Waals surface area contributed by atoms with Gasteiger partial charge in [-0.25, -0.2) is 4.39 Å². The Morgan fingerprint density at radius 3 is 2.96 bits per heavy atom. The summed E-state index contributed by atoms with van der Waals surface area (Å²) in [7, 11) is 0. The molecule has 2 amide bonds. The van der Waals surface area contributed by atoms with E-state index in [1.807, 2.05) is 24.3 Å². The Kier molecular flexibility index (Phi) is 4.91. The van der Waals surface area contributed by atoms with Gasteiger partial charge in [0.1, 0.15) is 5.82 Å². The number of benzene rings is 2. The van der Waals surface area contributed by atoms with Crippen LogP contribution in [0.1, 0.15) is 24.4 Å². The van der Waals surface area contributed by atoms with Gasteiger partial charge in [-0.05, 0) is 42.3 Å². The standard InChI is InChI=1S/C19H17FN2O2S2/c20-11-5-6-15-12(9-11)13(7-8-25-15)21-18(23)10-17-19(24)22-14-3-1-2-4-16(14)26-17/h1-6,9,13,17H,7-8,10H2,(H,21,23)(H,22,24). The van der Waals surface area contributed by atoms with Crippen LogP contribution in [0.3, 0.4) is 0 Å². The second-order valence-electron chi connectivity index (χ2n) is 6.24. The molecule has 0 saturated heterocycles. The third kappa shape index (κ3) is 3.59. The number of carbonyl (C=O) groups excluding carboxylic acids is 2. The summed E-state index contributed by atoms with van der Waals surface area (Å²) in [5, 5.41) is 5.37. The normalized spacial score (nSPS) is 21.3. The Morgan fingerprint density at radius 1 is 1.23 bits per heavy atom. The lowest BCUT2D eigenvalue weighted by Gasteiger charge is -2.27. The second kappa shape index (κ2) is 7.32. The fourth-order valence-electron chi connectivity index (χ4n) is 3.16. The van der Waals surface area contributed by atoms with Gasteiger partial charge in [-0.3, -0.25) is 9.59 Å². The quantitative estimate of drug-likeness (QED) is 0.835. The van der Waals surface area contributed by atoms with Gasteiger partial charge in [0.25, 0.3) is 0 Å². The van der Waals surface area contributed by atoms with E-state index in [1.165, 1.54) is 23.9 Å². The maximum absolute atomic E-state index is 13.6. The van der Waals surface area contributed by atoms with Gasteiger partial charge in [-0.15, -0.1) is 23.5 Å². The van der Waals surface area contributed by atoms with Crippen LogP contribution < -0.4 is 10.6 Å². The molecule has 2 aromatic rings. The number of amides is 2. The Morgan fingerprint density at radius 2 is 2.08 bits per heavy atom. The first-order valence-electron chi connectivity index (χ1n) is 8.38. The summed E-state index contributed by atoms with van der Waals surface area (Å²) in [6.45, 7) is 0. The molecule has 0 bridgehead atoms. The van der Waals surface area contributed by atoms with Crippen LogP contribution >= 0.6 is 23.5 Å². The van der Waals surface area contributed by atoms with Crippen molar-refractivity contribution in [2.75, 3.05) is 11.1 Å². The van der Waals surface area contributed by atoms with Crippen molar-refractivity contribution in [3.05, 3.63) is 53.8 Å². The zero-order chi connectivity index (χ0) is 18.1. The summed E-state index contributed by atoms with van der Waals surface area (Å²) in [5.74, 6) is 0.221. The highest BCUT2D eigenvalue weighted by Crippen LogP contribution is 2.38. The summed E-state index contributed by atoms with van der Waals surface area (Å²) in [6, 6.07) is 12.0. The van der Waals surface area contributed by atoms with E-state index in [0.29, 0.717) is 0 Å². The van der Waals surface area contributed by atoms with E-state index in [1.54, 1.807) is 17.8 Å². The van der Waals surface area contributed by atoms with Crippen molar-refractivity contribution < 1.29 is 14.0 Å². The second-order valence-corrected chi connectivity index (χ2v) is 8.62. The zero-order valence-electron chi connectivity index (χ0n) is 13.8. The Hall–Kier alpha value is -1.99. The summed E-state index contributed by atoms with van der Waals surface area (Å²) in [5.41, 5.74) is 1.61. The third-order valence-electron chi connectivity index (χ3n) is 4.42. The van der Waals surface area contributed by atoms with E-state index in [-0.39, 0.29) is 30.1 Å². The smallest absolute Gasteiger partial charge is 0.238 e. The molecule has 7 heteroatoms.